The van der Waals surface area contributed by atoms with Crippen LogP contribution in [0.5, 0.6) is 0 Å². The number of aliphatic hydroxyl groups excluding tert-OH is 1. The highest BCUT2D eigenvalue weighted by molar-refractivity contribution is 5.95. The van der Waals surface area contributed by atoms with Crippen molar-refractivity contribution < 1.29 is 14.8 Å². The predicted molar refractivity (Wildman–Crippen MR) is 67.9 cm³/mol. The third-order valence-electron chi connectivity index (χ3n) is 2.67. The molecule has 0 aromatic heterocycles. The molecule has 1 unspecified atom stereocenters. The fourth-order valence-electron chi connectivity index (χ4n) is 1.52. The first kappa shape index (κ1) is 14.1. The number of aliphatic hydroxyl groups is 1. The highest BCUT2D eigenvalue weighted by Gasteiger charge is 2.18. The van der Waals surface area contributed by atoms with Gasteiger partial charge in [0.2, 0.25) is 0 Å². The van der Waals surface area contributed by atoms with Crippen molar-refractivity contribution in [3.05, 3.63) is 33.9 Å². The second-order valence-electron chi connectivity index (χ2n) is 3.98. The Morgan fingerprint density at radius 1 is 1.56 bits per heavy atom. The molecule has 0 aliphatic rings. The van der Waals surface area contributed by atoms with Crippen LogP contribution in [0, 0.1) is 10.1 Å². The summed E-state index contributed by atoms with van der Waals surface area (Å²) in [6, 6.07) is 4.02. The monoisotopic (exact) mass is 252 g/mol. The number of nitrogens with one attached hydrogen (secondary N) is 1. The smallest absolute Gasteiger partial charge is 0.293 e. The number of benzene rings is 1. The zero-order valence-electron chi connectivity index (χ0n) is 10.3. The summed E-state index contributed by atoms with van der Waals surface area (Å²) in [6.45, 7) is 3.11. The third-order valence-corrected chi connectivity index (χ3v) is 2.67. The van der Waals surface area contributed by atoms with Gasteiger partial charge in [0.05, 0.1) is 11.5 Å². The van der Waals surface area contributed by atoms with Crippen LogP contribution in [0.25, 0.3) is 0 Å². The Morgan fingerprint density at radius 2 is 2.22 bits per heavy atom. The molecule has 2 N–H and O–H groups in total. The Bertz CT molecular complexity index is 455. The lowest BCUT2D eigenvalue weighted by Crippen LogP contribution is -2.23. The van der Waals surface area contributed by atoms with E-state index >= 15 is 0 Å². The molecule has 0 amide bonds. The second kappa shape index (κ2) is 6.11. The van der Waals surface area contributed by atoms with E-state index in [0.717, 1.165) is 0 Å². The first-order valence-corrected chi connectivity index (χ1v) is 5.66. The molecule has 0 radical (unpaired) electrons. The quantitative estimate of drug-likeness (QED) is 0.459. The summed E-state index contributed by atoms with van der Waals surface area (Å²) in [5, 5.41) is 22.9. The Balaban J connectivity index is 3.11. The molecule has 0 aliphatic heterocycles. The van der Waals surface area contributed by atoms with Gasteiger partial charge in [-0.25, -0.2) is 0 Å². The normalized spacial score (nSPS) is 11.9. The molecular formula is C12H16N2O4. The molecule has 18 heavy (non-hydrogen) atoms. The maximum absolute atomic E-state index is 11.2. The van der Waals surface area contributed by atoms with E-state index < -0.39 is 4.92 Å². The summed E-state index contributed by atoms with van der Waals surface area (Å²) < 4.78 is 0. The van der Waals surface area contributed by atoms with Gasteiger partial charge in [-0.1, -0.05) is 6.92 Å². The zero-order valence-corrected chi connectivity index (χ0v) is 10.3. The van der Waals surface area contributed by atoms with Crippen LogP contribution in [0.2, 0.25) is 0 Å². The molecular weight excluding hydrogens is 236 g/mol. The number of anilines is 1. The van der Waals surface area contributed by atoms with Gasteiger partial charge in [-0.05, 0) is 25.5 Å². The number of nitro groups is 1. The largest absolute Gasteiger partial charge is 0.394 e. The molecule has 6 heteroatoms. The minimum Gasteiger partial charge on any atom is -0.394 e. The number of Topliss-reactive ketones (excluding diaryl/α,β-unsaturated/α-hetero) is 1. The zero-order chi connectivity index (χ0) is 13.7. The van der Waals surface area contributed by atoms with Crippen molar-refractivity contribution in [2.45, 2.75) is 26.3 Å². The van der Waals surface area contributed by atoms with Crippen molar-refractivity contribution in [2.24, 2.45) is 0 Å². The Labute approximate surface area is 105 Å². The van der Waals surface area contributed by atoms with Gasteiger partial charge in [0.1, 0.15) is 5.69 Å². The van der Waals surface area contributed by atoms with E-state index in [0.29, 0.717) is 17.7 Å². The van der Waals surface area contributed by atoms with Crippen molar-refractivity contribution >= 4 is 17.2 Å². The van der Waals surface area contributed by atoms with Gasteiger partial charge >= 0.3 is 0 Å². The number of hydrogen-bond acceptors (Lipinski definition) is 5. The van der Waals surface area contributed by atoms with E-state index in [1.165, 1.54) is 25.1 Å². The molecule has 0 saturated carbocycles. The number of ketones is 1. The molecule has 0 aliphatic carbocycles. The Hall–Kier alpha value is -1.95. The molecule has 0 fully saturated rings. The topological polar surface area (TPSA) is 92.5 Å². The van der Waals surface area contributed by atoms with E-state index in [9.17, 15) is 14.9 Å². The van der Waals surface area contributed by atoms with Gasteiger partial charge in [0.15, 0.2) is 5.78 Å². The molecule has 0 saturated heterocycles. The SMILES string of the molecule is CCC(CO)Nc1ccc(C(C)=O)cc1[N+](=O)[O-]. The first-order chi connectivity index (χ1) is 8.49. The summed E-state index contributed by atoms with van der Waals surface area (Å²) in [4.78, 5) is 21.6. The van der Waals surface area contributed by atoms with Gasteiger partial charge in [-0.2, -0.15) is 0 Å². The van der Waals surface area contributed by atoms with E-state index in [2.05, 4.69) is 5.32 Å². The van der Waals surface area contributed by atoms with E-state index in [4.69, 9.17) is 5.11 Å². The first-order valence-electron chi connectivity index (χ1n) is 5.66. The van der Waals surface area contributed by atoms with Crippen LogP contribution >= 0.6 is 0 Å². The molecule has 1 atom stereocenters. The number of carbonyl (C=O) groups is 1. The van der Waals surface area contributed by atoms with Crippen LogP contribution in [-0.4, -0.2) is 28.5 Å². The fourth-order valence-corrected chi connectivity index (χ4v) is 1.52. The highest BCUT2D eigenvalue weighted by atomic mass is 16.6. The molecule has 1 rings (SSSR count). The number of nitrogens with zero attached hydrogens (tertiary/aromatic N) is 1. The summed E-state index contributed by atoms with van der Waals surface area (Å²) in [7, 11) is 0. The second-order valence-corrected chi connectivity index (χ2v) is 3.98. The lowest BCUT2D eigenvalue weighted by atomic mass is 10.1. The van der Waals surface area contributed by atoms with Crippen molar-refractivity contribution in [2.75, 3.05) is 11.9 Å². The Kier molecular flexibility index (Phi) is 4.79. The number of rotatable bonds is 6. The van der Waals surface area contributed by atoms with Crippen LogP contribution in [0.15, 0.2) is 18.2 Å². The standard InChI is InChI=1S/C12H16N2O4/c1-3-10(7-15)13-11-5-4-9(8(2)16)6-12(11)14(17)18/h4-6,10,13,15H,3,7H2,1-2H3. The van der Waals surface area contributed by atoms with Crippen LogP contribution in [0.1, 0.15) is 30.6 Å². The average molecular weight is 252 g/mol. The van der Waals surface area contributed by atoms with Gasteiger partial charge in [0, 0.05) is 17.7 Å². The molecule has 6 nitrogen and oxygen atoms in total. The maximum Gasteiger partial charge on any atom is 0.293 e. The van der Waals surface area contributed by atoms with E-state index in [1.807, 2.05) is 6.92 Å². The van der Waals surface area contributed by atoms with E-state index in [-0.39, 0.29) is 24.1 Å². The molecule has 0 bridgehead atoms. The molecule has 0 heterocycles. The van der Waals surface area contributed by atoms with Crippen LogP contribution in [0.3, 0.4) is 0 Å². The number of hydrogen-bond donors (Lipinski definition) is 2. The fraction of sp³-hybridized carbons (Fsp3) is 0.417. The van der Waals surface area contributed by atoms with Crippen molar-refractivity contribution in [3.63, 3.8) is 0 Å². The maximum atomic E-state index is 11.2. The van der Waals surface area contributed by atoms with Gasteiger partial charge in [-0.3, -0.25) is 14.9 Å². The Morgan fingerprint density at radius 3 is 2.67 bits per heavy atom. The molecule has 1 aromatic rings. The van der Waals surface area contributed by atoms with Gasteiger partial charge in [0.25, 0.3) is 5.69 Å². The summed E-state index contributed by atoms with van der Waals surface area (Å²) in [5.74, 6) is -0.223. The lowest BCUT2D eigenvalue weighted by Gasteiger charge is -2.15. The minimum absolute atomic E-state index is 0.109. The number of carbonyl (C=O) groups excluding carboxylic acids is 1. The lowest BCUT2D eigenvalue weighted by molar-refractivity contribution is -0.384. The van der Waals surface area contributed by atoms with Crippen LogP contribution < -0.4 is 5.32 Å². The molecule has 1 aromatic carbocycles. The summed E-state index contributed by atoms with van der Waals surface area (Å²) in [6.07, 6.45) is 0.641. The van der Waals surface area contributed by atoms with Crippen molar-refractivity contribution in [1.29, 1.82) is 0 Å². The van der Waals surface area contributed by atoms with E-state index in [1.54, 1.807) is 0 Å². The van der Waals surface area contributed by atoms with Gasteiger partial charge in [-0.15, -0.1) is 0 Å². The summed E-state index contributed by atoms with van der Waals surface area (Å²) >= 11 is 0. The summed E-state index contributed by atoms with van der Waals surface area (Å²) in [5.41, 5.74) is 0.449. The van der Waals surface area contributed by atoms with Crippen LogP contribution in [-0.2, 0) is 0 Å². The minimum atomic E-state index is -0.543. The van der Waals surface area contributed by atoms with Crippen molar-refractivity contribution in [3.8, 4) is 0 Å². The van der Waals surface area contributed by atoms with Gasteiger partial charge < -0.3 is 10.4 Å². The predicted octanol–water partition coefficient (Wildman–Crippen LogP) is 1.98. The average Bonchev–Trinajstić information content (AvgIpc) is 2.35. The van der Waals surface area contributed by atoms with Crippen LogP contribution in [0.4, 0.5) is 11.4 Å². The molecule has 98 valence electrons. The highest BCUT2D eigenvalue weighted by Crippen LogP contribution is 2.26. The number of nitro benzene ring substituents is 1. The third kappa shape index (κ3) is 3.27. The van der Waals surface area contributed by atoms with Crippen molar-refractivity contribution in [1.82, 2.24) is 0 Å². The molecule has 0 spiro atoms.